The fourth-order valence-corrected chi connectivity index (χ4v) is 3.34. The summed E-state index contributed by atoms with van der Waals surface area (Å²) in [4.78, 5) is 17.0. The number of alkyl halides is 2. The van der Waals surface area contributed by atoms with E-state index in [9.17, 15) is 13.6 Å². The maximum atomic E-state index is 12.6. The molecule has 6 nitrogen and oxygen atoms in total. The van der Waals surface area contributed by atoms with Gasteiger partial charge in [0.25, 0.3) is 0 Å². The third-order valence-corrected chi connectivity index (χ3v) is 4.56. The molecule has 0 fully saturated rings. The second-order valence-corrected chi connectivity index (χ2v) is 6.59. The third kappa shape index (κ3) is 3.98. The molecule has 2 heterocycles. The number of para-hydroxylation sites is 2. The van der Waals surface area contributed by atoms with Crippen molar-refractivity contribution in [3.05, 3.63) is 72.6 Å². The number of carbonyl (C=O) groups is 1. The molecule has 4 rings (SSSR count). The first-order valence-corrected chi connectivity index (χ1v) is 9.24. The Labute approximate surface area is 171 Å². The van der Waals surface area contributed by atoms with Gasteiger partial charge in [0.1, 0.15) is 12.3 Å². The summed E-state index contributed by atoms with van der Waals surface area (Å²) in [6.07, 6.45) is 1.67. The number of aromatic nitrogens is 3. The van der Waals surface area contributed by atoms with Crippen LogP contribution in [0.1, 0.15) is 5.69 Å². The van der Waals surface area contributed by atoms with E-state index in [2.05, 4.69) is 20.1 Å². The van der Waals surface area contributed by atoms with Crippen LogP contribution in [0.4, 0.5) is 14.5 Å². The van der Waals surface area contributed by atoms with Gasteiger partial charge in [-0.05, 0) is 36.2 Å². The van der Waals surface area contributed by atoms with Crippen LogP contribution in [0.5, 0.6) is 5.75 Å². The van der Waals surface area contributed by atoms with Crippen molar-refractivity contribution in [3.63, 3.8) is 0 Å². The van der Waals surface area contributed by atoms with Gasteiger partial charge in [-0.2, -0.15) is 13.9 Å². The van der Waals surface area contributed by atoms with Crippen molar-refractivity contribution in [2.75, 3.05) is 5.32 Å². The number of rotatable bonds is 6. The van der Waals surface area contributed by atoms with Crippen molar-refractivity contribution >= 4 is 22.6 Å². The average molecular weight is 408 g/mol. The molecule has 4 aromatic rings. The number of pyridine rings is 1. The van der Waals surface area contributed by atoms with Gasteiger partial charge in [-0.3, -0.25) is 4.79 Å². The zero-order valence-corrected chi connectivity index (χ0v) is 16.0. The molecule has 0 aliphatic carbocycles. The molecule has 0 radical (unpaired) electrons. The van der Waals surface area contributed by atoms with E-state index in [4.69, 9.17) is 0 Å². The first kappa shape index (κ1) is 19.5. The molecule has 0 aliphatic rings. The van der Waals surface area contributed by atoms with Crippen molar-refractivity contribution in [1.82, 2.24) is 14.8 Å². The highest BCUT2D eigenvalue weighted by Gasteiger charge is 2.17. The lowest BCUT2D eigenvalue weighted by molar-refractivity contribution is -0.116. The molecule has 0 saturated carbocycles. The van der Waals surface area contributed by atoms with Gasteiger partial charge < -0.3 is 10.1 Å². The Morgan fingerprint density at radius 2 is 1.83 bits per heavy atom. The topological polar surface area (TPSA) is 69.0 Å². The van der Waals surface area contributed by atoms with Crippen LogP contribution < -0.4 is 10.1 Å². The van der Waals surface area contributed by atoms with Crippen molar-refractivity contribution in [3.8, 4) is 16.9 Å². The van der Waals surface area contributed by atoms with Gasteiger partial charge in [0.05, 0.1) is 11.4 Å². The standard InChI is InChI=1S/C22H18F2N4O2/c1-14-20-16(15-7-3-2-4-8-15)11-12-25-21(20)28(27-14)13-19(29)26-17-9-5-6-10-18(17)30-22(23)24/h2-12,22H,13H2,1H3,(H,26,29). The Hall–Kier alpha value is -3.81. The number of hydrogen-bond acceptors (Lipinski definition) is 4. The monoisotopic (exact) mass is 408 g/mol. The first-order valence-electron chi connectivity index (χ1n) is 9.24. The molecule has 0 atom stereocenters. The number of fused-ring (bicyclic) bond motifs is 1. The van der Waals surface area contributed by atoms with Gasteiger partial charge >= 0.3 is 6.61 Å². The van der Waals surface area contributed by atoms with E-state index in [1.54, 1.807) is 18.3 Å². The summed E-state index contributed by atoms with van der Waals surface area (Å²) in [5, 5.41) is 7.93. The van der Waals surface area contributed by atoms with Gasteiger partial charge in [0.2, 0.25) is 5.91 Å². The summed E-state index contributed by atoms with van der Waals surface area (Å²) in [6, 6.07) is 17.8. The highest BCUT2D eigenvalue weighted by atomic mass is 19.3. The lowest BCUT2D eigenvalue weighted by Gasteiger charge is -2.11. The van der Waals surface area contributed by atoms with Gasteiger partial charge in [0, 0.05) is 11.6 Å². The van der Waals surface area contributed by atoms with Crippen molar-refractivity contribution in [2.45, 2.75) is 20.1 Å². The fourth-order valence-electron chi connectivity index (χ4n) is 3.34. The highest BCUT2D eigenvalue weighted by Crippen LogP contribution is 2.30. The number of carbonyl (C=O) groups excluding carboxylic acids is 1. The SMILES string of the molecule is Cc1nn(CC(=O)Nc2ccccc2OC(F)F)c2nccc(-c3ccccc3)c12. The lowest BCUT2D eigenvalue weighted by Crippen LogP contribution is -2.20. The molecule has 152 valence electrons. The Balaban J connectivity index is 1.62. The number of hydrogen-bond donors (Lipinski definition) is 1. The maximum absolute atomic E-state index is 12.6. The molecule has 1 amide bonds. The number of nitrogens with one attached hydrogen (secondary N) is 1. The number of benzene rings is 2. The van der Waals surface area contributed by atoms with E-state index in [1.165, 1.54) is 16.8 Å². The van der Waals surface area contributed by atoms with Crippen molar-refractivity contribution < 1.29 is 18.3 Å². The number of ether oxygens (including phenoxy) is 1. The van der Waals surface area contributed by atoms with Gasteiger partial charge in [-0.1, -0.05) is 42.5 Å². The second kappa shape index (κ2) is 8.28. The van der Waals surface area contributed by atoms with Crippen LogP contribution >= 0.6 is 0 Å². The minimum Gasteiger partial charge on any atom is -0.433 e. The molecule has 0 unspecified atom stereocenters. The molecule has 2 aromatic carbocycles. The molecule has 0 saturated heterocycles. The van der Waals surface area contributed by atoms with Crippen molar-refractivity contribution in [1.29, 1.82) is 0 Å². The number of anilines is 1. The number of amides is 1. The number of halogens is 2. The minimum atomic E-state index is -2.98. The zero-order valence-electron chi connectivity index (χ0n) is 16.0. The molecule has 8 heteroatoms. The Kier molecular flexibility index (Phi) is 5.38. The van der Waals surface area contributed by atoms with Crippen LogP contribution in [0.2, 0.25) is 0 Å². The van der Waals surface area contributed by atoms with Crippen LogP contribution in [-0.4, -0.2) is 27.3 Å². The molecular formula is C22H18F2N4O2. The quantitative estimate of drug-likeness (QED) is 0.504. The van der Waals surface area contributed by atoms with Gasteiger partial charge in [0.15, 0.2) is 5.65 Å². The summed E-state index contributed by atoms with van der Waals surface area (Å²) in [7, 11) is 0. The normalized spacial score (nSPS) is 11.1. The zero-order chi connectivity index (χ0) is 21.1. The average Bonchev–Trinajstić information content (AvgIpc) is 3.05. The summed E-state index contributed by atoms with van der Waals surface area (Å²) in [5.74, 6) is -0.538. The van der Waals surface area contributed by atoms with Gasteiger partial charge in [-0.25, -0.2) is 9.67 Å². The van der Waals surface area contributed by atoms with Gasteiger partial charge in [-0.15, -0.1) is 0 Å². The molecule has 1 N–H and O–H groups in total. The summed E-state index contributed by atoms with van der Waals surface area (Å²) in [5.41, 5.74) is 3.47. The summed E-state index contributed by atoms with van der Waals surface area (Å²) < 4.78 is 31.1. The van der Waals surface area contributed by atoms with E-state index in [0.717, 1.165) is 22.2 Å². The molecule has 2 aromatic heterocycles. The van der Waals surface area contributed by atoms with Crippen LogP contribution in [0.3, 0.4) is 0 Å². The molecule has 30 heavy (non-hydrogen) atoms. The molecule has 0 spiro atoms. The van der Waals surface area contributed by atoms with Crippen molar-refractivity contribution in [2.24, 2.45) is 0 Å². The Morgan fingerprint density at radius 3 is 2.60 bits per heavy atom. The Morgan fingerprint density at radius 1 is 1.10 bits per heavy atom. The predicted octanol–water partition coefficient (Wildman–Crippen LogP) is 4.65. The smallest absolute Gasteiger partial charge is 0.387 e. The highest BCUT2D eigenvalue weighted by molar-refractivity contribution is 5.96. The van der Waals surface area contributed by atoms with Crippen LogP contribution in [0.25, 0.3) is 22.2 Å². The Bertz CT molecular complexity index is 1190. The second-order valence-electron chi connectivity index (χ2n) is 6.59. The summed E-state index contributed by atoms with van der Waals surface area (Å²) in [6.45, 7) is -1.25. The first-order chi connectivity index (χ1) is 14.5. The molecule has 0 aliphatic heterocycles. The van der Waals surface area contributed by atoms with E-state index in [0.29, 0.717) is 5.65 Å². The predicted molar refractivity (Wildman–Crippen MR) is 109 cm³/mol. The van der Waals surface area contributed by atoms with E-state index in [-0.39, 0.29) is 18.0 Å². The fraction of sp³-hybridized carbons (Fsp3) is 0.136. The maximum Gasteiger partial charge on any atom is 0.387 e. The summed E-state index contributed by atoms with van der Waals surface area (Å²) >= 11 is 0. The van der Waals surface area contributed by atoms with E-state index >= 15 is 0 Å². The van der Waals surface area contributed by atoms with Crippen LogP contribution in [-0.2, 0) is 11.3 Å². The minimum absolute atomic E-state index is 0.105. The van der Waals surface area contributed by atoms with Crippen LogP contribution in [0.15, 0.2) is 66.9 Å². The van der Waals surface area contributed by atoms with E-state index in [1.807, 2.05) is 43.3 Å². The number of nitrogens with zero attached hydrogens (tertiary/aromatic N) is 3. The molecule has 0 bridgehead atoms. The largest absolute Gasteiger partial charge is 0.433 e. The number of aryl methyl sites for hydroxylation is 1. The lowest BCUT2D eigenvalue weighted by atomic mass is 10.0. The third-order valence-electron chi connectivity index (χ3n) is 4.56. The van der Waals surface area contributed by atoms with Crippen LogP contribution in [0, 0.1) is 6.92 Å². The van der Waals surface area contributed by atoms with E-state index < -0.39 is 12.5 Å². The molecular weight excluding hydrogens is 390 g/mol.